The molecule has 0 saturated heterocycles. The third-order valence-electron chi connectivity index (χ3n) is 4.21. The number of amides is 1. The Bertz CT molecular complexity index is 696. The van der Waals surface area contributed by atoms with Crippen LogP contribution in [-0.4, -0.2) is 26.8 Å². The van der Waals surface area contributed by atoms with Crippen molar-refractivity contribution in [3.8, 4) is 5.75 Å². The summed E-state index contributed by atoms with van der Waals surface area (Å²) >= 11 is 0. The molecule has 6 nitrogen and oxygen atoms in total. The van der Waals surface area contributed by atoms with Crippen LogP contribution in [-0.2, 0) is 30.7 Å². The van der Waals surface area contributed by atoms with Crippen molar-refractivity contribution in [1.29, 1.82) is 0 Å². The lowest BCUT2D eigenvalue weighted by molar-refractivity contribution is -0.127. The van der Waals surface area contributed by atoms with Crippen LogP contribution in [0.2, 0.25) is 0 Å². The molecule has 3 rings (SSSR count). The van der Waals surface area contributed by atoms with Gasteiger partial charge in [0, 0.05) is 6.54 Å². The average molecular weight is 314 g/mol. The van der Waals surface area contributed by atoms with E-state index in [-0.39, 0.29) is 5.91 Å². The van der Waals surface area contributed by atoms with Crippen LogP contribution >= 0.6 is 0 Å². The number of rotatable bonds is 6. The van der Waals surface area contributed by atoms with Crippen molar-refractivity contribution >= 4 is 5.91 Å². The number of fused-ring (bicyclic) bond motifs is 1. The van der Waals surface area contributed by atoms with E-state index >= 15 is 0 Å². The van der Waals surface area contributed by atoms with Crippen LogP contribution in [0.15, 0.2) is 24.5 Å². The zero-order valence-corrected chi connectivity index (χ0v) is 13.6. The first-order valence-electron chi connectivity index (χ1n) is 8.10. The fourth-order valence-electron chi connectivity index (χ4n) is 2.87. The second-order valence-electron chi connectivity index (χ2n) is 5.80. The molecule has 1 N–H and O–H groups in total. The zero-order valence-electron chi connectivity index (χ0n) is 13.6. The van der Waals surface area contributed by atoms with Crippen LogP contribution in [0.25, 0.3) is 0 Å². The van der Waals surface area contributed by atoms with Crippen LogP contribution in [0.1, 0.15) is 37.2 Å². The average Bonchev–Trinajstić information content (AvgIpc) is 3.20. The van der Waals surface area contributed by atoms with Crippen molar-refractivity contribution in [2.24, 2.45) is 0 Å². The van der Waals surface area contributed by atoms with Crippen molar-refractivity contribution in [3.05, 3.63) is 41.5 Å². The van der Waals surface area contributed by atoms with Gasteiger partial charge in [-0.2, -0.15) is 0 Å². The minimum Gasteiger partial charge on any atom is -0.481 e. The summed E-state index contributed by atoms with van der Waals surface area (Å²) < 4.78 is 7.67. The molecule has 0 spiro atoms. The van der Waals surface area contributed by atoms with E-state index in [1.807, 2.05) is 17.6 Å². The summed E-state index contributed by atoms with van der Waals surface area (Å²) in [5.74, 6) is 1.34. The molecular formula is C17H22N4O2. The first kappa shape index (κ1) is 15.5. The van der Waals surface area contributed by atoms with Gasteiger partial charge in [-0.25, -0.2) is 0 Å². The Hall–Kier alpha value is -2.37. The second kappa shape index (κ2) is 6.81. The maximum Gasteiger partial charge on any atom is 0.261 e. The highest BCUT2D eigenvalue weighted by atomic mass is 16.5. The van der Waals surface area contributed by atoms with E-state index in [2.05, 4.69) is 27.6 Å². The smallest absolute Gasteiger partial charge is 0.261 e. The summed E-state index contributed by atoms with van der Waals surface area (Å²) in [6.07, 6.45) is 4.55. The van der Waals surface area contributed by atoms with Gasteiger partial charge in [0.1, 0.15) is 12.1 Å². The quantitative estimate of drug-likeness (QED) is 0.884. The minimum atomic E-state index is -0.549. The maximum atomic E-state index is 12.2. The molecule has 1 aromatic carbocycles. The maximum absolute atomic E-state index is 12.2. The van der Waals surface area contributed by atoms with E-state index in [0.29, 0.717) is 6.54 Å². The van der Waals surface area contributed by atoms with Gasteiger partial charge in [0.05, 0.1) is 6.54 Å². The molecule has 0 unspecified atom stereocenters. The summed E-state index contributed by atoms with van der Waals surface area (Å²) in [7, 11) is 0. The van der Waals surface area contributed by atoms with Crippen molar-refractivity contribution in [3.63, 3.8) is 0 Å². The van der Waals surface area contributed by atoms with Gasteiger partial charge in [0.15, 0.2) is 11.9 Å². The Morgan fingerprint density at radius 1 is 1.39 bits per heavy atom. The number of nitrogens with one attached hydrogen (secondary N) is 1. The van der Waals surface area contributed by atoms with Crippen LogP contribution in [0.3, 0.4) is 0 Å². The third-order valence-corrected chi connectivity index (χ3v) is 4.21. The van der Waals surface area contributed by atoms with E-state index in [9.17, 15) is 4.79 Å². The lowest BCUT2D eigenvalue weighted by Gasteiger charge is -2.15. The number of aryl methyl sites for hydroxylation is 3. The van der Waals surface area contributed by atoms with Gasteiger partial charge in [-0.15, -0.1) is 10.2 Å². The molecule has 1 aromatic heterocycles. The van der Waals surface area contributed by atoms with E-state index in [0.717, 1.165) is 31.0 Å². The normalized spacial score (nSPS) is 14.3. The molecule has 2 aromatic rings. The Morgan fingerprint density at radius 2 is 2.22 bits per heavy atom. The van der Waals surface area contributed by atoms with Crippen LogP contribution < -0.4 is 10.1 Å². The number of carbonyl (C=O) groups excluding carboxylic acids is 1. The fourth-order valence-corrected chi connectivity index (χ4v) is 2.87. The zero-order chi connectivity index (χ0) is 16.2. The van der Waals surface area contributed by atoms with Gasteiger partial charge in [0.25, 0.3) is 5.91 Å². The van der Waals surface area contributed by atoms with Gasteiger partial charge in [-0.1, -0.05) is 6.07 Å². The monoisotopic (exact) mass is 314 g/mol. The van der Waals surface area contributed by atoms with Crippen molar-refractivity contribution < 1.29 is 9.53 Å². The molecule has 0 saturated carbocycles. The third kappa shape index (κ3) is 3.52. The van der Waals surface area contributed by atoms with Crippen molar-refractivity contribution in [2.45, 2.75) is 52.3 Å². The SMILES string of the molecule is CCn1cnnc1CNC(=O)[C@@H](C)Oc1ccc2c(c1)CCC2. The summed E-state index contributed by atoms with van der Waals surface area (Å²) in [4.78, 5) is 12.2. The highest BCUT2D eigenvalue weighted by Crippen LogP contribution is 2.26. The second-order valence-corrected chi connectivity index (χ2v) is 5.80. The highest BCUT2D eigenvalue weighted by molar-refractivity contribution is 5.80. The first-order chi connectivity index (χ1) is 11.2. The molecule has 1 aliphatic rings. The van der Waals surface area contributed by atoms with E-state index in [4.69, 9.17) is 4.74 Å². The van der Waals surface area contributed by atoms with E-state index < -0.39 is 6.10 Å². The Morgan fingerprint density at radius 3 is 3.04 bits per heavy atom. The van der Waals surface area contributed by atoms with Crippen LogP contribution in [0, 0.1) is 0 Å². The lowest BCUT2D eigenvalue weighted by Crippen LogP contribution is -2.36. The number of benzene rings is 1. The summed E-state index contributed by atoms with van der Waals surface area (Å²) in [5.41, 5.74) is 2.74. The van der Waals surface area contributed by atoms with Crippen LogP contribution in [0.5, 0.6) is 5.75 Å². The van der Waals surface area contributed by atoms with Crippen molar-refractivity contribution in [2.75, 3.05) is 0 Å². The number of hydrogen-bond acceptors (Lipinski definition) is 4. The molecule has 1 heterocycles. The molecule has 0 fully saturated rings. The molecule has 0 aliphatic heterocycles. The molecule has 122 valence electrons. The molecule has 1 aliphatic carbocycles. The van der Waals surface area contributed by atoms with E-state index in [1.165, 1.54) is 17.5 Å². The predicted octanol–water partition coefficient (Wildman–Crippen LogP) is 1.87. The predicted molar refractivity (Wildman–Crippen MR) is 86.1 cm³/mol. The Kier molecular flexibility index (Phi) is 4.60. The molecule has 23 heavy (non-hydrogen) atoms. The van der Waals surface area contributed by atoms with Gasteiger partial charge in [0.2, 0.25) is 0 Å². The Labute approximate surface area is 135 Å². The molecular weight excluding hydrogens is 292 g/mol. The van der Waals surface area contributed by atoms with Gasteiger partial charge in [-0.05, 0) is 56.4 Å². The first-order valence-corrected chi connectivity index (χ1v) is 8.10. The summed E-state index contributed by atoms with van der Waals surface area (Å²) in [6.45, 7) is 4.89. The number of ether oxygens (including phenoxy) is 1. The molecule has 1 amide bonds. The summed E-state index contributed by atoms with van der Waals surface area (Å²) in [5, 5.41) is 10.7. The summed E-state index contributed by atoms with van der Waals surface area (Å²) in [6, 6.07) is 6.10. The van der Waals surface area contributed by atoms with Crippen molar-refractivity contribution in [1.82, 2.24) is 20.1 Å². The van der Waals surface area contributed by atoms with Gasteiger partial charge < -0.3 is 14.6 Å². The number of carbonyl (C=O) groups is 1. The van der Waals surface area contributed by atoms with Gasteiger partial charge >= 0.3 is 0 Å². The highest BCUT2D eigenvalue weighted by Gasteiger charge is 2.17. The van der Waals surface area contributed by atoms with Crippen LogP contribution in [0.4, 0.5) is 0 Å². The Balaban J connectivity index is 1.55. The fraction of sp³-hybridized carbons (Fsp3) is 0.471. The molecule has 0 radical (unpaired) electrons. The van der Waals surface area contributed by atoms with Gasteiger partial charge in [-0.3, -0.25) is 4.79 Å². The lowest BCUT2D eigenvalue weighted by atomic mass is 10.1. The standard InChI is InChI=1S/C17H22N4O2/c1-3-21-11-19-20-16(21)10-18-17(22)12(2)23-15-8-7-13-5-4-6-14(13)9-15/h7-9,11-12H,3-6,10H2,1-2H3,(H,18,22)/t12-/m1/s1. The number of hydrogen-bond donors (Lipinski definition) is 1. The largest absolute Gasteiger partial charge is 0.481 e. The topological polar surface area (TPSA) is 69.0 Å². The molecule has 6 heteroatoms. The van der Waals surface area contributed by atoms with E-state index in [1.54, 1.807) is 13.3 Å². The minimum absolute atomic E-state index is 0.156. The molecule has 1 atom stereocenters. The molecule has 0 bridgehead atoms. The number of aromatic nitrogens is 3. The number of nitrogens with zero attached hydrogens (tertiary/aromatic N) is 3.